The van der Waals surface area contributed by atoms with Crippen molar-refractivity contribution in [2.45, 2.75) is 20.0 Å². The predicted octanol–water partition coefficient (Wildman–Crippen LogP) is 3.95. The lowest BCUT2D eigenvalue weighted by atomic mass is 10.2. The average Bonchev–Trinajstić information content (AvgIpc) is 2.48. The van der Waals surface area contributed by atoms with Gasteiger partial charge in [0, 0.05) is 11.8 Å². The molecule has 6 heteroatoms. The first-order valence-electron chi connectivity index (χ1n) is 7.09. The molecule has 0 spiro atoms. The minimum atomic E-state index is -0.325. The van der Waals surface area contributed by atoms with Gasteiger partial charge in [0.15, 0.2) is 5.96 Å². The summed E-state index contributed by atoms with van der Waals surface area (Å²) in [7, 11) is 0. The smallest absolute Gasteiger partial charge is 0.193 e. The number of hydrogen-bond acceptors (Lipinski definition) is 2. The molecule has 1 unspecified atom stereocenters. The molecule has 0 saturated heterocycles. The molecule has 0 heterocycles. The van der Waals surface area contributed by atoms with Gasteiger partial charge in [-0.05, 0) is 38.1 Å². The number of nitrogens with zero attached hydrogens (tertiary/aromatic N) is 1. The van der Waals surface area contributed by atoms with E-state index in [9.17, 15) is 4.39 Å². The molecule has 1 atom stereocenters. The largest absolute Gasteiger partial charge is 0.489 e. The highest BCUT2D eigenvalue weighted by molar-refractivity contribution is 14.0. The molecule has 0 amide bonds. The van der Waals surface area contributed by atoms with Crippen LogP contribution in [0.15, 0.2) is 53.5 Å². The van der Waals surface area contributed by atoms with Crippen molar-refractivity contribution in [2.24, 2.45) is 10.7 Å². The maximum Gasteiger partial charge on any atom is 0.193 e. The number of hydrogen-bond donors (Lipinski definition) is 2. The normalized spacial score (nSPS) is 12.2. The molecule has 0 aliphatic heterocycles. The lowest BCUT2D eigenvalue weighted by Gasteiger charge is -2.13. The summed E-state index contributed by atoms with van der Waals surface area (Å²) in [6, 6.07) is 13.9. The fourth-order valence-corrected chi connectivity index (χ4v) is 1.86. The molecule has 0 fully saturated rings. The van der Waals surface area contributed by atoms with Crippen LogP contribution in [0.5, 0.6) is 5.75 Å². The van der Waals surface area contributed by atoms with Gasteiger partial charge in [-0.2, -0.15) is 0 Å². The maximum absolute atomic E-state index is 13.1. The Bertz CT molecular complexity index is 647. The Morgan fingerprint density at radius 2 is 1.96 bits per heavy atom. The fourth-order valence-electron chi connectivity index (χ4n) is 1.86. The second kappa shape index (κ2) is 9.34. The SMILES string of the molecule is Cc1ccc(NC(N)=NCC(C)Oc2cccc(F)c2)cc1.I. The molecule has 0 saturated carbocycles. The molecule has 0 radical (unpaired) electrons. The van der Waals surface area contributed by atoms with Crippen molar-refractivity contribution in [1.29, 1.82) is 0 Å². The van der Waals surface area contributed by atoms with E-state index in [0.717, 1.165) is 5.69 Å². The van der Waals surface area contributed by atoms with Crippen LogP contribution in [0.4, 0.5) is 10.1 Å². The zero-order valence-corrected chi connectivity index (χ0v) is 15.5. The minimum Gasteiger partial charge on any atom is -0.489 e. The summed E-state index contributed by atoms with van der Waals surface area (Å²) < 4.78 is 18.6. The van der Waals surface area contributed by atoms with Gasteiger partial charge in [0.2, 0.25) is 0 Å². The molecule has 0 aliphatic carbocycles. The molecular formula is C17H21FIN3O. The van der Waals surface area contributed by atoms with Crippen molar-refractivity contribution in [2.75, 3.05) is 11.9 Å². The third-order valence-electron chi connectivity index (χ3n) is 2.98. The van der Waals surface area contributed by atoms with Crippen LogP contribution < -0.4 is 15.8 Å². The molecule has 2 aromatic rings. The van der Waals surface area contributed by atoms with Crippen LogP contribution in [0.2, 0.25) is 0 Å². The Morgan fingerprint density at radius 1 is 1.26 bits per heavy atom. The van der Waals surface area contributed by atoms with Gasteiger partial charge in [0.25, 0.3) is 0 Å². The van der Waals surface area contributed by atoms with Crippen LogP contribution in [0.25, 0.3) is 0 Å². The lowest BCUT2D eigenvalue weighted by molar-refractivity contribution is 0.229. The monoisotopic (exact) mass is 429 g/mol. The summed E-state index contributed by atoms with van der Waals surface area (Å²) in [5, 5.41) is 3.01. The van der Waals surface area contributed by atoms with Gasteiger partial charge < -0.3 is 15.8 Å². The van der Waals surface area contributed by atoms with Crippen molar-refractivity contribution in [1.82, 2.24) is 0 Å². The van der Waals surface area contributed by atoms with E-state index in [-0.39, 0.29) is 35.9 Å². The second-order valence-electron chi connectivity index (χ2n) is 5.10. The van der Waals surface area contributed by atoms with E-state index in [0.29, 0.717) is 18.3 Å². The Labute approximate surface area is 153 Å². The van der Waals surface area contributed by atoms with Gasteiger partial charge in [-0.1, -0.05) is 23.8 Å². The van der Waals surface area contributed by atoms with Crippen LogP contribution in [-0.4, -0.2) is 18.6 Å². The lowest BCUT2D eigenvalue weighted by Crippen LogP contribution is -2.25. The summed E-state index contributed by atoms with van der Waals surface area (Å²) in [6.45, 7) is 4.25. The Hall–Kier alpha value is -1.83. The van der Waals surface area contributed by atoms with Crippen LogP contribution in [-0.2, 0) is 0 Å². The van der Waals surface area contributed by atoms with Crippen molar-refractivity contribution in [3.05, 3.63) is 59.9 Å². The number of ether oxygens (including phenoxy) is 1. The van der Waals surface area contributed by atoms with Gasteiger partial charge >= 0.3 is 0 Å². The summed E-state index contributed by atoms with van der Waals surface area (Å²) in [4.78, 5) is 4.22. The van der Waals surface area contributed by atoms with E-state index in [4.69, 9.17) is 10.5 Å². The van der Waals surface area contributed by atoms with Crippen molar-refractivity contribution in [3.63, 3.8) is 0 Å². The van der Waals surface area contributed by atoms with Crippen molar-refractivity contribution < 1.29 is 9.13 Å². The Balaban J connectivity index is 0.00000264. The van der Waals surface area contributed by atoms with Gasteiger partial charge in [0.05, 0.1) is 6.54 Å². The molecule has 2 aromatic carbocycles. The zero-order valence-electron chi connectivity index (χ0n) is 13.1. The number of rotatable bonds is 5. The third-order valence-corrected chi connectivity index (χ3v) is 2.98. The molecule has 4 nitrogen and oxygen atoms in total. The van der Waals surface area contributed by atoms with Gasteiger partial charge in [-0.3, -0.25) is 0 Å². The third kappa shape index (κ3) is 6.85. The maximum atomic E-state index is 13.1. The summed E-state index contributed by atoms with van der Waals surface area (Å²) in [5.41, 5.74) is 7.89. The van der Waals surface area contributed by atoms with Crippen LogP contribution in [0.3, 0.4) is 0 Å². The first-order valence-corrected chi connectivity index (χ1v) is 7.09. The molecule has 3 N–H and O–H groups in total. The Morgan fingerprint density at radius 3 is 2.61 bits per heavy atom. The number of guanidine groups is 1. The van der Waals surface area contributed by atoms with Crippen molar-refractivity contribution >= 4 is 35.6 Å². The molecular weight excluding hydrogens is 408 g/mol. The topological polar surface area (TPSA) is 59.6 Å². The number of aryl methyl sites for hydroxylation is 1. The first-order chi connectivity index (χ1) is 10.5. The molecule has 124 valence electrons. The van der Waals surface area contributed by atoms with E-state index in [1.165, 1.54) is 17.7 Å². The summed E-state index contributed by atoms with van der Waals surface area (Å²) in [6.07, 6.45) is -0.208. The number of halogens is 2. The molecule has 0 bridgehead atoms. The second-order valence-corrected chi connectivity index (χ2v) is 5.10. The van der Waals surface area contributed by atoms with Crippen LogP contribution >= 0.6 is 24.0 Å². The summed E-state index contributed by atoms with van der Waals surface area (Å²) >= 11 is 0. The highest BCUT2D eigenvalue weighted by Crippen LogP contribution is 2.14. The number of anilines is 1. The van der Waals surface area contributed by atoms with E-state index in [1.54, 1.807) is 12.1 Å². The fraction of sp³-hybridized carbons (Fsp3) is 0.235. The van der Waals surface area contributed by atoms with E-state index < -0.39 is 0 Å². The first kappa shape index (κ1) is 19.2. The number of aliphatic imine (C=N–C) groups is 1. The van der Waals surface area contributed by atoms with E-state index in [2.05, 4.69) is 10.3 Å². The highest BCUT2D eigenvalue weighted by Gasteiger charge is 2.04. The van der Waals surface area contributed by atoms with Gasteiger partial charge in [-0.25, -0.2) is 9.38 Å². The standard InChI is InChI=1S/C17H20FN3O.HI/c1-12-6-8-15(9-7-12)21-17(19)20-11-13(2)22-16-5-3-4-14(18)10-16;/h3-10,13H,11H2,1-2H3,(H3,19,20,21);1H. The number of nitrogens with two attached hydrogens (primary N) is 1. The van der Waals surface area contributed by atoms with E-state index in [1.807, 2.05) is 38.1 Å². The molecule has 0 aliphatic rings. The van der Waals surface area contributed by atoms with Crippen molar-refractivity contribution in [3.8, 4) is 5.75 Å². The molecule has 0 aromatic heterocycles. The number of benzene rings is 2. The van der Waals surface area contributed by atoms with Gasteiger partial charge in [-0.15, -0.1) is 24.0 Å². The molecule has 23 heavy (non-hydrogen) atoms. The zero-order chi connectivity index (χ0) is 15.9. The van der Waals surface area contributed by atoms with Crippen LogP contribution in [0, 0.1) is 12.7 Å². The molecule has 2 rings (SSSR count). The number of nitrogens with one attached hydrogen (secondary N) is 1. The van der Waals surface area contributed by atoms with Crippen LogP contribution in [0.1, 0.15) is 12.5 Å². The highest BCUT2D eigenvalue weighted by atomic mass is 127. The Kier molecular flexibility index (Phi) is 7.80. The summed E-state index contributed by atoms with van der Waals surface area (Å²) in [5.74, 6) is 0.472. The van der Waals surface area contributed by atoms with E-state index >= 15 is 0 Å². The predicted molar refractivity (Wildman–Crippen MR) is 103 cm³/mol. The average molecular weight is 429 g/mol. The quantitative estimate of drug-likeness (QED) is 0.430. The minimum absolute atomic E-state index is 0. The van der Waals surface area contributed by atoms with Gasteiger partial charge in [0.1, 0.15) is 17.7 Å².